The van der Waals surface area contributed by atoms with Gasteiger partial charge in [-0.3, -0.25) is 4.98 Å². The number of rotatable bonds is 4. The Morgan fingerprint density at radius 3 is 2.67 bits per heavy atom. The van der Waals surface area contributed by atoms with Crippen molar-refractivity contribution in [3.05, 3.63) is 42.1 Å². The quantitative estimate of drug-likeness (QED) is 0.868. The summed E-state index contributed by atoms with van der Waals surface area (Å²) >= 11 is 0. The molecule has 0 bridgehead atoms. The third kappa shape index (κ3) is 2.82. The van der Waals surface area contributed by atoms with Gasteiger partial charge in [-0.15, -0.1) is 0 Å². The van der Waals surface area contributed by atoms with Crippen LogP contribution in [0.2, 0.25) is 0 Å². The van der Waals surface area contributed by atoms with Crippen molar-refractivity contribution in [1.82, 2.24) is 4.98 Å². The van der Waals surface area contributed by atoms with E-state index in [1.807, 2.05) is 12.3 Å². The Kier molecular flexibility index (Phi) is 3.99. The molecule has 0 aliphatic heterocycles. The summed E-state index contributed by atoms with van der Waals surface area (Å²) in [5.41, 5.74) is 2.08. The molecule has 1 aromatic carbocycles. The summed E-state index contributed by atoms with van der Waals surface area (Å²) < 4.78 is 0. The molecule has 21 heavy (non-hydrogen) atoms. The minimum Gasteiger partial charge on any atom is -0.388 e. The first-order valence-electron chi connectivity index (χ1n) is 8.13. The fraction of sp³-hybridized carbons (Fsp3) is 0.526. The molecule has 1 heterocycles. The summed E-state index contributed by atoms with van der Waals surface area (Å²) in [7, 11) is 0. The molecule has 1 aromatic heterocycles. The van der Waals surface area contributed by atoms with Gasteiger partial charge in [-0.25, -0.2) is 0 Å². The first kappa shape index (κ1) is 14.5. The standard InChI is InChI=1S/C19H25NO/c1-14(2)13-19(9-3-4-10-19)18(21)16-8-7-15-6-5-11-20-17(15)12-16/h5-8,11-12,14,18,21H,3-4,9-10,13H2,1-2H3. The van der Waals surface area contributed by atoms with E-state index in [2.05, 4.69) is 43.1 Å². The van der Waals surface area contributed by atoms with E-state index in [-0.39, 0.29) is 11.5 Å². The van der Waals surface area contributed by atoms with Crippen molar-refractivity contribution in [3.63, 3.8) is 0 Å². The Bertz CT molecular complexity index is 614. The van der Waals surface area contributed by atoms with Crippen molar-refractivity contribution >= 4 is 10.9 Å². The zero-order valence-electron chi connectivity index (χ0n) is 13.0. The average molecular weight is 283 g/mol. The van der Waals surface area contributed by atoms with Crippen LogP contribution in [0, 0.1) is 11.3 Å². The molecule has 1 N–H and O–H groups in total. The van der Waals surface area contributed by atoms with Crippen molar-refractivity contribution in [2.45, 2.75) is 52.1 Å². The van der Waals surface area contributed by atoms with Crippen LogP contribution in [0.5, 0.6) is 0 Å². The zero-order chi connectivity index (χ0) is 14.9. The molecule has 0 radical (unpaired) electrons. The molecule has 1 atom stereocenters. The Labute approximate surface area is 127 Å². The summed E-state index contributed by atoms with van der Waals surface area (Å²) in [5.74, 6) is 0.622. The highest BCUT2D eigenvalue weighted by molar-refractivity contribution is 5.78. The first-order valence-corrected chi connectivity index (χ1v) is 8.13. The Balaban J connectivity index is 1.95. The summed E-state index contributed by atoms with van der Waals surface area (Å²) in [6, 6.07) is 10.3. The van der Waals surface area contributed by atoms with E-state index in [0.717, 1.165) is 35.7 Å². The zero-order valence-corrected chi connectivity index (χ0v) is 13.0. The number of hydrogen-bond acceptors (Lipinski definition) is 2. The van der Waals surface area contributed by atoms with Gasteiger partial charge in [0.05, 0.1) is 11.6 Å². The predicted octanol–water partition coefficient (Wildman–Crippen LogP) is 4.87. The van der Waals surface area contributed by atoms with Crippen molar-refractivity contribution in [2.24, 2.45) is 11.3 Å². The van der Waals surface area contributed by atoms with Crippen LogP contribution < -0.4 is 0 Å². The van der Waals surface area contributed by atoms with E-state index in [1.54, 1.807) is 0 Å². The van der Waals surface area contributed by atoms with Gasteiger partial charge in [0.2, 0.25) is 0 Å². The fourth-order valence-electron chi connectivity index (χ4n) is 4.09. The number of hydrogen-bond donors (Lipinski definition) is 1. The minimum atomic E-state index is -0.367. The van der Waals surface area contributed by atoms with Gasteiger partial charge in [0.25, 0.3) is 0 Å². The van der Waals surface area contributed by atoms with E-state index in [1.165, 1.54) is 12.8 Å². The van der Waals surface area contributed by atoms with Gasteiger partial charge < -0.3 is 5.11 Å². The van der Waals surface area contributed by atoms with Gasteiger partial charge in [0, 0.05) is 17.0 Å². The molecule has 0 amide bonds. The monoisotopic (exact) mass is 283 g/mol. The summed E-state index contributed by atoms with van der Waals surface area (Å²) in [6.07, 6.45) is 7.34. The van der Waals surface area contributed by atoms with Crippen molar-refractivity contribution < 1.29 is 5.11 Å². The van der Waals surface area contributed by atoms with Crippen LogP contribution in [0.25, 0.3) is 10.9 Å². The van der Waals surface area contributed by atoms with Gasteiger partial charge in [0.15, 0.2) is 0 Å². The lowest BCUT2D eigenvalue weighted by atomic mass is 9.72. The minimum absolute atomic E-state index is 0.0661. The van der Waals surface area contributed by atoms with E-state index in [0.29, 0.717) is 5.92 Å². The maximum absolute atomic E-state index is 11.1. The molecular formula is C19H25NO. The van der Waals surface area contributed by atoms with Gasteiger partial charge in [0.1, 0.15) is 0 Å². The van der Waals surface area contributed by atoms with Crippen LogP contribution in [0.4, 0.5) is 0 Å². The highest BCUT2D eigenvalue weighted by Gasteiger charge is 2.41. The SMILES string of the molecule is CC(C)CC1(C(O)c2ccc3cccnc3c2)CCCC1. The number of fused-ring (bicyclic) bond motifs is 1. The Morgan fingerprint density at radius 2 is 1.95 bits per heavy atom. The number of pyridine rings is 1. The van der Waals surface area contributed by atoms with Crippen molar-refractivity contribution in [1.29, 1.82) is 0 Å². The smallest absolute Gasteiger partial charge is 0.0847 e. The average Bonchev–Trinajstić information content (AvgIpc) is 2.95. The van der Waals surface area contributed by atoms with Crippen LogP contribution >= 0.6 is 0 Å². The number of aromatic nitrogens is 1. The van der Waals surface area contributed by atoms with Gasteiger partial charge in [-0.1, -0.05) is 44.9 Å². The van der Waals surface area contributed by atoms with Crippen molar-refractivity contribution in [3.8, 4) is 0 Å². The number of aliphatic hydroxyl groups excluding tert-OH is 1. The maximum atomic E-state index is 11.1. The Morgan fingerprint density at radius 1 is 1.19 bits per heavy atom. The maximum Gasteiger partial charge on any atom is 0.0847 e. The molecule has 2 aromatic rings. The largest absolute Gasteiger partial charge is 0.388 e. The second kappa shape index (κ2) is 5.76. The molecule has 112 valence electrons. The van der Waals surface area contributed by atoms with Crippen LogP contribution in [-0.2, 0) is 0 Å². The lowest BCUT2D eigenvalue weighted by molar-refractivity contribution is 0.0113. The van der Waals surface area contributed by atoms with Crippen LogP contribution in [0.3, 0.4) is 0 Å². The first-order chi connectivity index (χ1) is 10.1. The van der Waals surface area contributed by atoms with E-state index in [4.69, 9.17) is 0 Å². The molecule has 2 nitrogen and oxygen atoms in total. The highest BCUT2D eigenvalue weighted by Crippen LogP contribution is 2.51. The summed E-state index contributed by atoms with van der Waals surface area (Å²) in [6.45, 7) is 4.52. The highest BCUT2D eigenvalue weighted by atomic mass is 16.3. The normalized spacial score (nSPS) is 19.2. The van der Waals surface area contributed by atoms with E-state index >= 15 is 0 Å². The predicted molar refractivity (Wildman–Crippen MR) is 87.1 cm³/mol. The second-order valence-electron chi connectivity index (χ2n) is 7.03. The van der Waals surface area contributed by atoms with Crippen molar-refractivity contribution in [2.75, 3.05) is 0 Å². The molecule has 1 aliphatic rings. The fourth-order valence-corrected chi connectivity index (χ4v) is 4.09. The lowest BCUT2D eigenvalue weighted by Gasteiger charge is -2.36. The molecule has 0 saturated heterocycles. The molecule has 1 unspecified atom stereocenters. The molecule has 0 spiro atoms. The van der Waals surface area contributed by atoms with E-state index < -0.39 is 0 Å². The van der Waals surface area contributed by atoms with Crippen LogP contribution in [0.1, 0.15) is 57.6 Å². The molecule has 1 saturated carbocycles. The summed E-state index contributed by atoms with van der Waals surface area (Å²) in [4.78, 5) is 4.42. The summed E-state index contributed by atoms with van der Waals surface area (Å²) in [5, 5.41) is 12.2. The van der Waals surface area contributed by atoms with Crippen LogP contribution in [0.15, 0.2) is 36.5 Å². The number of aliphatic hydroxyl groups is 1. The number of nitrogens with zero attached hydrogens (tertiary/aromatic N) is 1. The topological polar surface area (TPSA) is 33.1 Å². The molecule has 2 heteroatoms. The number of benzene rings is 1. The molecule has 1 aliphatic carbocycles. The third-order valence-corrected chi connectivity index (χ3v) is 4.94. The molecule has 1 fully saturated rings. The lowest BCUT2D eigenvalue weighted by Crippen LogP contribution is -2.27. The third-order valence-electron chi connectivity index (χ3n) is 4.94. The van der Waals surface area contributed by atoms with Crippen LogP contribution in [-0.4, -0.2) is 10.1 Å². The Hall–Kier alpha value is -1.41. The molecule has 3 rings (SSSR count). The van der Waals surface area contributed by atoms with Gasteiger partial charge in [-0.05, 0) is 42.9 Å². The second-order valence-corrected chi connectivity index (χ2v) is 7.03. The molecular weight excluding hydrogens is 258 g/mol. The van der Waals surface area contributed by atoms with Gasteiger partial charge in [-0.2, -0.15) is 0 Å². The van der Waals surface area contributed by atoms with E-state index in [9.17, 15) is 5.11 Å². The van der Waals surface area contributed by atoms with Gasteiger partial charge >= 0.3 is 0 Å².